The lowest BCUT2D eigenvalue weighted by Gasteiger charge is -2.30. The van der Waals surface area contributed by atoms with Crippen LogP contribution in [0.1, 0.15) is 18.4 Å². The highest BCUT2D eigenvalue weighted by atomic mass is 16.3. The van der Waals surface area contributed by atoms with Crippen LogP contribution in [0.25, 0.3) is 17.2 Å². The van der Waals surface area contributed by atoms with Crippen LogP contribution in [0.3, 0.4) is 0 Å². The van der Waals surface area contributed by atoms with E-state index in [-0.39, 0.29) is 12.0 Å². The van der Waals surface area contributed by atoms with Crippen LogP contribution in [0.2, 0.25) is 0 Å². The number of rotatable bonds is 5. The summed E-state index contributed by atoms with van der Waals surface area (Å²) in [6, 6.07) is 21.6. The van der Waals surface area contributed by atoms with Crippen LogP contribution in [0.15, 0.2) is 79.0 Å². The van der Waals surface area contributed by atoms with Gasteiger partial charge in [-0.05, 0) is 59.9 Å². The second-order valence-corrected chi connectivity index (χ2v) is 7.44. The number of amides is 1. The number of carbonyl (C=O) groups excluding carboxylic acids is 1. The van der Waals surface area contributed by atoms with Crippen molar-refractivity contribution in [2.24, 2.45) is 0 Å². The molecule has 0 spiro atoms. The molecular formula is C25H25N3O2. The van der Waals surface area contributed by atoms with E-state index in [1.165, 1.54) is 6.08 Å². The van der Waals surface area contributed by atoms with Gasteiger partial charge in [-0.15, -0.1) is 0 Å². The van der Waals surface area contributed by atoms with E-state index in [0.717, 1.165) is 54.1 Å². The molecule has 2 N–H and O–H groups in total. The number of nitrogens with zero attached hydrogens (tertiary/aromatic N) is 2. The molecule has 0 radical (unpaired) electrons. The summed E-state index contributed by atoms with van der Waals surface area (Å²) in [6.45, 7) is 1.61. The van der Waals surface area contributed by atoms with Crippen molar-refractivity contribution in [2.75, 3.05) is 23.3 Å². The second-order valence-electron chi connectivity index (χ2n) is 7.44. The molecule has 1 amide bonds. The highest BCUT2D eigenvalue weighted by molar-refractivity contribution is 6.02. The van der Waals surface area contributed by atoms with Crippen LogP contribution in [-0.2, 0) is 4.79 Å². The number of aromatic nitrogens is 1. The van der Waals surface area contributed by atoms with Crippen molar-refractivity contribution in [1.82, 2.24) is 4.98 Å². The van der Waals surface area contributed by atoms with Gasteiger partial charge in [-0.3, -0.25) is 4.79 Å². The molecule has 5 nitrogen and oxygen atoms in total. The lowest BCUT2D eigenvalue weighted by molar-refractivity contribution is -0.111. The van der Waals surface area contributed by atoms with Crippen LogP contribution in [0.4, 0.5) is 11.5 Å². The first-order chi connectivity index (χ1) is 14.7. The summed E-state index contributed by atoms with van der Waals surface area (Å²) in [4.78, 5) is 19.0. The number of aliphatic hydroxyl groups excluding tert-OH is 1. The zero-order chi connectivity index (χ0) is 20.8. The highest BCUT2D eigenvalue weighted by Crippen LogP contribution is 2.26. The number of aliphatic hydroxyl groups is 1. The largest absolute Gasteiger partial charge is 0.393 e. The summed E-state index contributed by atoms with van der Waals surface area (Å²) in [5.41, 5.74) is 3.79. The summed E-state index contributed by atoms with van der Waals surface area (Å²) in [5, 5.41) is 12.7. The maximum Gasteiger partial charge on any atom is 0.248 e. The van der Waals surface area contributed by atoms with Gasteiger partial charge in [0.15, 0.2) is 0 Å². The molecule has 0 unspecified atom stereocenters. The maximum absolute atomic E-state index is 12.3. The summed E-state index contributed by atoms with van der Waals surface area (Å²) in [6.07, 6.45) is 6.47. The number of piperidine rings is 1. The van der Waals surface area contributed by atoms with Gasteiger partial charge in [-0.1, -0.05) is 42.5 Å². The normalized spacial score (nSPS) is 14.8. The van der Waals surface area contributed by atoms with E-state index in [2.05, 4.69) is 21.3 Å². The number of nitrogens with one attached hydrogen (secondary N) is 1. The molecule has 0 aliphatic carbocycles. The first-order valence-electron chi connectivity index (χ1n) is 10.2. The van der Waals surface area contributed by atoms with Gasteiger partial charge < -0.3 is 15.3 Å². The number of hydrogen-bond donors (Lipinski definition) is 2. The number of anilines is 2. The molecule has 30 heavy (non-hydrogen) atoms. The van der Waals surface area contributed by atoms with Gasteiger partial charge in [0.05, 0.1) is 6.10 Å². The van der Waals surface area contributed by atoms with Crippen molar-refractivity contribution < 1.29 is 9.90 Å². The van der Waals surface area contributed by atoms with E-state index in [1.54, 1.807) is 6.08 Å². The monoisotopic (exact) mass is 399 g/mol. The van der Waals surface area contributed by atoms with Crippen LogP contribution >= 0.6 is 0 Å². The zero-order valence-electron chi connectivity index (χ0n) is 16.7. The second kappa shape index (κ2) is 9.37. The molecule has 1 aliphatic heterocycles. The van der Waals surface area contributed by atoms with Gasteiger partial charge in [0.1, 0.15) is 5.82 Å². The molecule has 5 heteroatoms. The fraction of sp³-hybridized carbons (Fsp3) is 0.200. The third kappa shape index (κ3) is 5.13. The number of benzene rings is 2. The van der Waals surface area contributed by atoms with Crippen LogP contribution in [0.5, 0.6) is 0 Å². The molecular weight excluding hydrogens is 374 g/mol. The molecule has 2 aromatic carbocycles. The van der Waals surface area contributed by atoms with E-state index >= 15 is 0 Å². The molecule has 0 saturated carbocycles. The number of pyridine rings is 1. The van der Waals surface area contributed by atoms with Gasteiger partial charge in [0.25, 0.3) is 0 Å². The van der Waals surface area contributed by atoms with Gasteiger partial charge >= 0.3 is 0 Å². The van der Waals surface area contributed by atoms with E-state index in [9.17, 15) is 9.90 Å². The standard InChI is InChI=1S/C25H25N3O2/c29-23-12-15-28(16-13-23)24-18-21(11-14-26-24)20-7-4-8-22(17-20)27-25(30)10-9-19-5-2-1-3-6-19/h1-11,14,17-18,23,29H,12-13,15-16H2,(H,27,30). The Bertz CT molecular complexity index is 1030. The summed E-state index contributed by atoms with van der Waals surface area (Å²) < 4.78 is 0. The Kier molecular flexibility index (Phi) is 6.20. The van der Waals surface area contributed by atoms with Gasteiger partial charge in [-0.2, -0.15) is 0 Å². The molecule has 4 rings (SSSR count). The predicted molar refractivity (Wildman–Crippen MR) is 121 cm³/mol. The molecule has 1 aromatic heterocycles. The van der Waals surface area contributed by atoms with Crippen molar-refractivity contribution >= 4 is 23.5 Å². The predicted octanol–water partition coefficient (Wildman–Crippen LogP) is 4.36. The van der Waals surface area contributed by atoms with Crippen molar-refractivity contribution in [3.63, 3.8) is 0 Å². The van der Waals surface area contributed by atoms with E-state index in [1.807, 2.05) is 66.9 Å². The minimum absolute atomic E-state index is 0.168. The Balaban J connectivity index is 1.46. The smallest absolute Gasteiger partial charge is 0.248 e. The molecule has 2 heterocycles. The molecule has 0 bridgehead atoms. The van der Waals surface area contributed by atoms with Crippen LogP contribution < -0.4 is 10.2 Å². The fourth-order valence-electron chi connectivity index (χ4n) is 3.56. The average molecular weight is 399 g/mol. The number of carbonyl (C=O) groups is 1. The Morgan fingerprint density at radius 3 is 2.57 bits per heavy atom. The Labute approximate surface area is 176 Å². The van der Waals surface area contributed by atoms with Crippen LogP contribution in [-0.4, -0.2) is 35.2 Å². The Morgan fingerprint density at radius 1 is 1.00 bits per heavy atom. The molecule has 3 aromatic rings. The third-order valence-electron chi connectivity index (χ3n) is 5.22. The quantitative estimate of drug-likeness (QED) is 0.626. The summed E-state index contributed by atoms with van der Waals surface area (Å²) in [7, 11) is 0. The third-order valence-corrected chi connectivity index (χ3v) is 5.22. The van der Waals surface area contributed by atoms with Gasteiger partial charge in [0, 0.05) is 31.0 Å². The number of hydrogen-bond acceptors (Lipinski definition) is 4. The Morgan fingerprint density at radius 2 is 1.77 bits per heavy atom. The lowest BCUT2D eigenvalue weighted by atomic mass is 10.0. The lowest BCUT2D eigenvalue weighted by Crippen LogP contribution is -2.36. The van der Waals surface area contributed by atoms with Crippen LogP contribution in [0, 0.1) is 0 Å². The van der Waals surface area contributed by atoms with Crippen molar-refractivity contribution in [2.45, 2.75) is 18.9 Å². The fourth-order valence-corrected chi connectivity index (χ4v) is 3.56. The zero-order valence-corrected chi connectivity index (χ0v) is 16.7. The summed E-state index contributed by atoms with van der Waals surface area (Å²) in [5.74, 6) is 0.748. The molecule has 1 saturated heterocycles. The molecule has 1 fully saturated rings. The first-order valence-corrected chi connectivity index (χ1v) is 10.2. The average Bonchev–Trinajstić information content (AvgIpc) is 2.79. The van der Waals surface area contributed by atoms with Gasteiger partial charge in [-0.25, -0.2) is 4.98 Å². The maximum atomic E-state index is 12.3. The molecule has 0 atom stereocenters. The molecule has 152 valence electrons. The van der Waals surface area contributed by atoms with Crippen molar-refractivity contribution in [3.05, 3.63) is 84.6 Å². The van der Waals surface area contributed by atoms with Gasteiger partial charge in [0.2, 0.25) is 5.91 Å². The van der Waals surface area contributed by atoms with E-state index < -0.39 is 0 Å². The first kappa shape index (κ1) is 19.9. The molecule has 1 aliphatic rings. The highest BCUT2D eigenvalue weighted by Gasteiger charge is 2.18. The Hall–Kier alpha value is -3.44. The minimum Gasteiger partial charge on any atom is -0.393 e. The topological polar surface area (TPSA) is 65.5 Å². The summed E-state index contributed by atoms with van der Waals surface area (Å²) >= 11 is 0. The van der Waals surface area contributed by atoms with Crippen molar-refractivity contribution in [1.29, 1.82) is 0 Å². The van der Waals surface area contributed by atoms with Crippen molar-refractivity contribution in [3.8, 4) is 11.1 Å². The minimum atomic E-state index is -0.208. The van der Waals surface area contributed by atoms with E-state index in [0.29, 0.717) is 0 Å². The van der Waals surface area contributed by atoms with E-state index in [4.69, 9.17) is 0 Å². The SMILES string of the molecule is O=C(C=Cc1ccccc1)Nc1cccc(-c2ccnc(N3CCC(O)CC3)c2)c1.